The van der Waals surface area contributed by atoms with Crippen LogP contribution in [0.3, 0.4) is 0 Å². The number of amides is 4. The van der Waals surface area contributed by atoms with Crippen molar-refractivity contribution in [1.29, 1.82) is 0 Å². The fourth-order valence-corrected chi connectivity index (χ4v) is 8.10. The average Bonchev–Trinajstić information content (AvgIpc) is 3.73. The Labute approximate surface area is 326 Å². The van der Waals surface area contributed by atoms with Crippen LogP contribution >= 0.6 is 0 Å². The SMILES string of the molecule is CC(O)C(=O)N(CC1CNCC1C(=O)NCCOCCN1C(=O)C=CC1=O)C(C1=C(Cc2ccccc2)CCCC(c2cc(F)ccc2F)=N1)C1CCOCC1. The summed E-state index contributed by atoms with van der Waals surface area (Å²) in [7, 11) is 0. The van der Waals surface area contributed by atoms with E-state index in [1.165, 1.54) is 25.1 Å². The van der Waals surface area contributed by atoms with Crippen molar-refractivity contribution in [1.82, 2.24) is 20.4 Å². The van der Waals surface area contributed by atoms with Crippen molar-refractivity contribution >= 4 is 29.3 Å². The minimum absolute atomic E-state index is 0.0818. The summed E-state index contributed by atoms with van der Waals surface area (Å²) in [5.74, 6) is -3.61. The lowest BCUT2D eigenvalue weighted by atomic mass is 9.83. The topological polar surface area (TPSA) is 150 Å². The van der Waals surface area contributed by atoms with Gasteiger partial charge in [-0.05, 0) is 80.7 Å². The van der Waals surface area contributed by atoms with E-state index in [-0.39, 0.29) is 68.0 Å². The fraction of sp³-hybridized carbons (Fsp3) is 0.500. The Hall–Kier alpha value is -4.63. The van der Waals surface area contributed by atoms with Crippen molar-refractivity contribution < 1.29 is 42.5 Å². The number of hydrogen-bond acceptors (Lipinski definition) is 9. The standard InChI is InChI=1S/C42H51F2N5O7/c1-27(50)42(54)49(26-31-24-45-25-34(31)41(53)46-16-20-56-21-17-48-37(51)12-13-38(48)52)40(29-14-18-55-19-15-29)39-30(22-28-6-3-2-4-7-28)8-5-9-36(47-39)33-23-32(43)10-11-35(33)44/h2-4,6-7,10-13,23,27,29,31,34,40,45,50H,5,8-9,14-22,24-26H2,1H3,(H,46,53). The van der Waals surface area contributed by atoms with Gasteiger partial charge in [-0.15, -0.1) is 0 Å². The van der Waals surface area contributed by atoms with E-state index in [1.807, 2.05) is 30.3 Å². The first kappa shape index (κ1) is 41.0. The van der Waals surface area contributed by atoms with Crippen LogP contribution in [-0.2, 0) is 35.1 Å². The van der Waals surface area contributed by atoms with Gasteiger partial charge in [-0.1, -0.05) is 30.3 Å². The number of aliphatic hydroxyl groups is 1. The second-order valence-corrected chi connectivity index (χ2v) is 14.8. The molecule has 4 atom stereocenters. The van der Waals surface area contributed by atoms with E-state index in [2.05, 4.69) is 10.6 Å². The van der Waals surface area contributed by atoms with Crippen LogP contribution in [0, 0.1) is 29.4 Å². The zero-order valence-electron chi connectivity index (χ0n) is 31.8. The molecule has 0 saturated carbocycles. The number of nitrogens with one attached hydrogen (secondary N) is 2. The molecule has 14 heteroatoms. The van der Waals surface area contributed by atoms with Crippen LogP contribution in [0.5, 0.6) is 0 Å². The number of allylic oxidation sites excluding steroid dienone is 1. The van der Waals surface area contributed by atoms with Crippen molar-refractivity contribution in [3.8, 4) is 0 Å². The summed E-state index contributed by atoms with van der Waals surface area (Å²) in [6.45, 7) is 3.95. The molecule has 300 valence electrons. The first-order valence-electron chi connectivity index (χ1n) is 19.6. The molecule has 2 aromatic carbocycles. The molecule has 6 rings (SSSR count). The average molecular weight is 776 g/mol. The zero-order chi connectivity index (χ0) is 39.6. The summed E-state index contributed by atoms with van der Waals surface area (Å²) < 4.78 is 41.3. The number of nitrogens with zero attached hydrogens (tertiary/aromatic N) is 3. The van der Waals surface area contributed by atoms with Crippen LogP contribution in [0.2, 0.25) is 0 Å². The number of benzene rings is 2. The third kappa shape index (κ3) is 10.2. The zero-order valence-corrected chi connectivity index (χ0v) is 31.8. The van der Waals surface area contributed by atoms with Gasteiger partial charge in [0.2, 0.25) is 5.91 Å². The molecule has 12 nitrogen and oxygen atoms in total. The quantitative estimate of drug-likeness (QED) is 0.174. The molecule has 4 aliphatic heterocycles. The van der Waals surface area contributed by atoms with E-state index in [0.717, 1.165) is 28.2 Å². The normalized spacial score (nSPS) is 21.6. The van der Waals surface area contributed by atoms with Gasteiger partial charge in [-0.2, -0.15) is 0 Å². The molecule has 0 radical (unpaired) electrons. The Bertz CT molecular complexity index is 1810. The van der Waals surface area contributed by atoms with Gasteiger partial charge < -0.3 is 30.1 Å². The van der Waals surface area contributed by atoms with Gasteiger partial charge in [-0.25, -0.2) is 8.78 Å². The summed E-state index contributed by atoms with van der Waals surface area (Å²) in [5, 5.41) is 17.2. The van der Waals surface area contributed by atoms with Gasteiger partial charge in [0.05, 0.1) is 43.1 Å². The molecule has 0 aliphatic carbocycles. The van der Waals surface area contributed by atoms with Gasteiger partial charge >= 0.3 is 0 Å². The van der Waals surface area contributed by atoms with Crippen molar-refractivity contribution in [2.24, 2.45) is 22.7 Å². The molecule has 4 heterocycles. The Morgan fingerprint density at radius 3 is 2.54 bits per heavy atom. The highest BCUT2D eigenvalue weighted by Gasteiger charge is 2.42. The summed E-state index contributed by atoms with van der Waals surface area (Å²) in [5.41, 5.74) is 3.13. The number of aliphatic imine (C=N–C) groups is 1. The van der Waals surface area contributed by atoms with Crippen molar-refractivity contribution in [3.05, 3.63) is 94.7 Å². The third-order valence-corrected chi connectivity index (χ3v) is 11.0. The highest BCUT2D eigenvalue weighted by atomic mass is 19.1. The Morgan fingerprint density at radius 1 is 1.05 bits per heavy atom. The maximum absolute atomic E-state index is 15.4. The van der Waals surface area contributed by atoms with Crippen LogP contribution in [-0.4, -0.2) is 116 Å². The van der Waals surface area contributed by atoms with E-state index in [0.29, 0.717) is 76.2 Å². The summed E-state index contributed by atoms with van der Waals surface area (Å²) in [6, 6.07) is 12.6. The number of hydrogen-bond donors (Lipinski definition) is 3. The number of carbonyl (C=O) groups is 4. The molecule has 3 N–H and O–H groups in total. The number of ether oxygens (including phenoxy) is 2. The number of carbonyl (C=O) groups excluding carboxylic acids is 4. The second kappa shape index (κ2) is 19.5. The van der Waals surface area contributed by atoms with Gasteiger partial charge in [0, 0.05) is 63.0 Å². The molecule has 0 bridgehead atoms. The van der Waals surface area contributed by atoms with E-state index in [1.54, 1.807) is 4.90 Å². The number of halogens is 2. The molecule has 2 fully saturated rings. The predicted molar refractivity (Wildman–Crippen MR) is 204 cm³/mol. The number of aliphatic hydroxyl groups excluding tert-OH is 1. The van der Waals surface area contributed by atoms with Crippen LogP contribution in [0.15, 0.2) is 76.9 Å². The molecule has 4 aliphatic rings. The predicted octanol–water partition coefficient (Wildman–Crippen LogP) is 3.33. The number of imide groups is 1. The molecule has 2 aromatic rings. The maximum Gasteiger partial charge on any atom is 0.253 e. The molecule has 4 amide bonds. The molecule has 56 heavy (non-hydrogen) atoms. The van der Waals surface area contributed by atoms with Gasteiger partial charge in [-0.3, -0.25) is 29.1 Å². The van der Waals surface area contributed by atoms with E-state index in [9.17, 15) is 28.7 Å². The van der Waals surface area contributed by atoms with Crippen LogP contribution in [0.1, 0.15) is 50.2 Å². The lowest BCUT2D eigenvalue weighted by Crippen LogP contribution is -2.53. The van der Waals surface area contributed by atoms with Crippen molar-refractivity contribution in [2.45, 2.75) is 57.6 Å². The van der Waals surface area contributed by atoms with E-state index >= 15 is 4.39 Å². The van der Waals surface area contributed by atoms with Gasteiger partial charge in [0.1, 0.15) is 17.7 Å². The summed E-state index contributed by atoms with van der Waals surface area (Å²) >= 11 is 0. The van der Waals surface area contributed by atoms with Gasteiger partial charge in [0.15, 0.2) is 0 Å². The van der Waals surface area contributed by atoms with Crippen LogP contribution < -0.4 is 10.6 Å². The monoisotopic (exact) mass is 775 g/mol. The highest BCUT2D eigenvalue weighted by molar-refractivity contribution is 6.12. The maximum atomic E-state index is 15.4. The Morgan fingerprint density at radius 2 is 1.80 bits per heavy atom. The minimum Gasteiger partial charge on any atom is -0.384 e. The molecule has 0 spiro atoms. The van der Waals surface area contributed by atoms with E-state index < -0.39 is 35.6 Å². The molecule has 2 saturated heterocycles. The molecular formula is C42H51F2N5O7. The molecule has 4 unspecified atom stereocenters. The summed E-state index contributed by atoms with van der Waals surface area (Å²) in [4.78, 5) is 59.5. The summed E-state index contributed by atoms with van der Waals surface area (Å²) in [6.07, 6.45) is 4.48. The van der Waals surface area contributed by atoms with Crippen molar-refractivity contribution in [2.75, 3.05) is 59.2 Å². The first-order valence-corrected chi connectivity index (χ1v) is 19.6. The van der Waals surface area contributed by atoms with Crippen LogP contribution in [0.4, 0.5) is 8.78 Å². The second-order valence-electron chi connectivity index (χ2n) is 14.8. The van der Waals surface area contributed by atoms with Crippen LogP contribution in [0.25, 0.3) is 0 Å². The largest absolute Gasteiger partial charge is 0.384 e. The first-order chi connectivity index (χ1) is 27.1. The lowest BCUT2D eigenvalue weighted by Gasteiger charge is -2.42. The molecule has 0 aromatic heterocycles. The lowest BCUT2D eigenvalue weighted by molar-refractivity contribution is -0.144. The number of rotatable bonds is 16. The minimum atomic E-state index is -1.36. The fourth-order valence-electron chi connectivity index (χ4n) is 8.10. The van der Waals surface area contributed by atoms with E-state index in [4.69, 9.17) is 14.5 Å². The smallest absolute Gasteiger partial charge is 0.253 e. The molecular weight excluding hydrogens is 724 g/mol. The van der Waals surface area contributed by atoms with Gasteiger partial charge in [0.25, 0.3) is 17.7 Å². The van der Waals surface area contributed by atoms with Crippen molar-refractivity contribution in [3.63, 3.8) is 0 Å². The Balaban J connectivity index is 1.28. The highest BCUT2D eigenvalue weighted by Crippen LogP contribution is 2.37. The Kier molecular flexibility index (Phi) is 14.3. The third-order valence-electron chi connectivity index (χ3n) is 11.0.